The van der Waals surface area contributed by atoms with Gasteiger partial charge < -0.3 is 9.64 Å². The summed E-state index contributed by atoms with van der Waals surface area (Å²) in [6.45, 7) is 6.63. The molecule has 0 amide bonds. The van der Waals surface area contributed by atoms with E-state index >= 15 is 0 Å². The zero-order chi connectivity index (χ0) is 18.1. The number of anilines is 1. The van der Waals surface area contributed by atoms with Crippen molar-refractivity contribution in [3.8, 4) is 5.88 Å². The van der Waals surface area contributed by atoms with Crippen LogP contribution in [0.25, 0.3) is 5.65 Å². The summed E-state index contributed by atoms with van der Waals surface area (Å²) in [5.41, 5.74) is 2.91. The smallest absolute Gasteiger partial charge is 0.232 e. The molecular formula is C19H22ClN5O. The van der Waals surface area contributed by atoms with Crippen molar-refractivity contribution in [2.45, 2.75) is 26.7 Å². The lowest BCUT2D eigenvalue weighted by Gasteiger charge is -2.33. The lowest BCUT2D eigenvalue weighted by atomic mass is 9.98. The minimum absolute atomic E-state index is 0.502. The van der Waals surface area contributed by atoms with Gasteiger partial charge in [-0.1, -0.05) is 11.6 Å². The number of hydrogen-bond donors (Lipinski definition) is 0. The van der Waals surface area contributed by atoms with Gasteiger partial charge in [-0.05, 0) is 44.7 Å². The molecule has 7 heteroatoms. The van der Waals surface area contributed by atoms with Crippen LogP contribution in [-0.2, 0) is 0 Å². The Balaban J connectivity index is 1.42. The predicted octanol–water partition coefficient (Wildman–Crippen LogP) is 3.69. The fourth-order valence-corrected chi connectivity index (χ4v) is 3.60. The highest BCUT2D eigenvalue weighted by atomic mass is 35.5. The second-order valence-corrected chi connectivity index (χ2v) is 7.25. The molecule has 136 valence electrons. The van der Waals surface area contributed by atoms with E-state index in [2.05, 4.69) is 26.0 Å². The SMILES string of the molecule is Cc1cc(N2CCC(COc3ncccc3Cl)CC2)n2nc(C)cc2n1. The number of piperidine rings is 1. The van der Waals surface area contributed by atoms with Crippen LogP contribution in [0.4, 0.5) is 5.82 Å². The van der Waals surface area contributed by atoms with Crippen LogP contribution in [0.2, 0.25) is 5.02 Å². The van der Waals surface area contributed by atoms with Crippen molar-refractivity contribution in [3.63, 3.8) is 0 Å². The number of rotatable bonds is 4. The summed E-state index contributed by atoms with van der Waals surface area (Å²) in [6, 6.07) is 7.75. The first-order valence-electron chi connectivity index (χ1n) is 8.92. The molecule has 1 aliphatic rings. The quantitative estimate of drug-likeness (QED) is 0.700. The highest BCUT2D eigenvalue weighted by Gasteiger charge is 2.23. The molecule has 0 saturated carbocycles. The van der Waals surface area contributed by atoms with E-state index < -0.39 is 0 Å². The fraction of sp³-hybridized carbons (Fsp3) is 0.421. The Labute approximate surface area is 157 Å². The largest absolute Gasteiger partial charge is 0.476 e. The molecule has 4 heterocycles. The standard InChI is InChI=1S/C19H22ClN5O/c1-13-11-18(25-17(22-13)10-14(2)23-25)24-8-5-15(6-9-24)12-26-19-16(20)4-3-7-21-19/h3-4,7,10-11,15H,5-6,8-9,12H2,1-2H3. The van der Waals surface area contributed by atoms with Gasteiger partial charge in [0, 0.05) is 37.1 Å². The molecule has 0 bridgehead atoms. The molecule has 0 spiro atoms. The molecule has 0 radical (unpaired) electrons. The van der Waals surface area contributed by atoms with Crippen molar-refractivity contribution in [3.05, 3.63) is 46.9 Å². The molecule has 1 fully saturated rings. The van der Waals surface area contributed by atoms with Crippen LogP contribution >= 0.6 is 11.6 Å². The maximum absolute atomic E-state index is 6.11. The minimum Gasteiger partial charge on any atom is -0.476 e. The van der Waals surface area contributed by atoms with Gasteiger partial charge in [-0.25, -0.2) is 9.97 Å². The molecule has 0 aliphatic carbocycles. The average Bonchev–Trinajstić information content (AvgIpc) is 3.01. The highest BCUT2D eigenvalue weighted by molar-refractivity contribution is 6.31. The third-order valence-electron chi connectivity index (χ3n) is 4.78. The molecule has 6 nitrogen and oxygen atoms in total. The maximum atomic E-state index is 6.11. The Kier molecular flexibility index (Phi) is 4.68. The Hall–Kier alpha value is -2.34. The van der Waals surface area contributed by atoms with E-state index in [0.717, 1.165) is 48.8 Å². The maximum Gasteiger partial charge on any atom is 0.232 e. The minimum atomic E-state index is 0.502. The van der Waals surface area contributed by atoms with Gasteiger partial charge in [0.05, 0.1) is 12.3 Å². The third kappa shape index (κ3) is 3.46. The van der Waals surface area contributed by atoms with Crippen molar-refractivity contribution in [2.24, 2.45) is 5.92 Å². The lowest BCUT2D eigenvalue weighted by molar-refractivity contribution is 0.216. The molecule has 0 atom stereocenters. The van der Waals surface area contributed by atoms with Crippen LogP contribution < -0.4 is 9.64 Å². The van der Waals surface area contributed by atoms with Crippen molar-refractivity contribution >= 4 is 23.1 Å². The van der Waals surface area contributed by atoms with Crippen LogP contribution in [0.3, 0.4) is 0 Å². The van der Waals surface area contributed by atoms with Crippen molar-refractivity contribution in [2.75, 3.05) is 24.6 Å². The fourth-order valence-electron chi connectivity index (χ4n) is 3.42. The van der Waals surface area contributed by atoms with E-state index in [9.17, 15) is 0 Å². The molecule has 0 N–H and O–H groups in total. The topological polar surface area (TPSA) is 55.5 Å². The number of fused-ring (bicyclic) bond motifs is 1. The number of aryl methyl sites for hydroxylation is 2. The van der Waals surface area contributed by atoms with Gasteiger partial charge in [0.2, 0.25) is 5.88 Å². The molecule has 0 aromatic carbocycles. The molecule has 3 aromatic heterocycles. The number of pyridine rings is 1. The lowest BCUT2D eigenvalue weighted by Crippen LogP contribution is -2.36. The summed E-state index contributed by atoms with van der Waals surface area (Å²) < 4.78 is 7.77. The van der Waals surface area contributed by atoms with Crippen LogP contribution in [0.15, 0.2) is 30.5 Å². The van der Waals surface area contributed by atoms with Gasteiger partial charge in [-0.2, -0.15) is 9.61 Å². The average molecular weight is 372 g/mol. The number of halogens is 1. The Morgan fingerprint density at radius 2 is 2.00 bits per heavy atom. The first kappa shape index (κ1) is 17.1. The van der Waals surface area contributed by atoms with Crippen LogP contribution in [-0.4, -0.2) is 39.3 Å². The number of ether oxygens (including phenoxy) is 1. The van der Waals surface area contributed by atoms with Gasteiger partial charge in [-0.3, -0.25) is 0 Å². The zero-order valence-corrected chi connectivity index (χ0v) is 15.8. The van der Waals surface area contributed by atoms with Gasteiger partial charge >= 0.3 is 0 Å². The van der Waals surface area contributed by atoms with Gasteiger partial charge in [-0.15, -0.1) is 0 Å². The summed E-state index contributed by atoms with van der Waals surface area (Å²) in [5, 5.41) is 5.16. The summed E-state index contributed by atoms with van der Waals surface area (Å²) in [6.07, 6.45) is 3.83. The first-order valence-corrected chi connectivity index (χ1v) is 9.30. The molecule has 1 saturated heterocycles. The summed E-state index contributed by atoms with van der Waals surface area (Å²) in [4.78, 5) is 11.1. The number of nitrogens with zero attached hydrogens (tertiary/aromatic N) is 5. The Morgan fingerprint density at radius 1 is 1.19 bits per heavy atom. The molecule has 26 heavy (non-hydrogen) atoms. The third-order valence-corrected chi connectivity index (χ3v) is 5.07. The summed E-state index contributed by atoms with van der Waals surface area (Å²) in [5.74, 6) is 2.14. The second kappa shape index (κ2) is 7.11. The molecular weight excluding hydrogens is 350 g/mol. The Morgan fingerprint density at radius 3 is 2.77 bits per heavy atom. The molecule has 0 unspecified atom stereocenters. The van der Waals surface area contributed by atoms with E-state index in [1.807, 2.05) is 30.5 Å². The summed E-state index contributed by atoms with van der Waals surface area (Å²) >= 11 is 6.11. The number of hydrogen-bond acceptors (Lipinski definition) is 5. The second-order valence-electron chi connectivity index (χ2n) is 6.84. The van der Waals surface area contributed by atoms with Crippen LogP contribution in [0, 0.1) is 19.8 Å². The van der Waals surface area contributed by atoms with Crippen LogP contribution in [0.1, 0.15) is 24.2 Å². The Bertz CT molecular complexity index is 917. The summed E-state index contributed by atoms with van der Waals surface area (Å²) in [7, 11) is 0. The molecule has 1 aliphatic heterocycles. The normalized spacial score (nSPS) is 15.6. The van der Waals surface area contributed by atoms with Gasteiger partial charge in [0.1, 0.15) is 10.8 Å². The van der Waals surface area contributed by atoms with Crippen molar-refractivity contribution in [1.82, 2.24) is 19.6 Å². The van der Waals surface area contributed by atoms with Gasteiger partial charge in [0.25, 0.3) is 0 Å². The first-order chi connectivity index (χ1) is 12.6. The van der Waals surface area contributed by atoms with E-state index in [4.69, 9.17) is 16.3 Å². The zero-order valence-electron chi connectivity index (χ0n) is 15.0. The monoisotopic (exact) mass is 371 g/mol. The predicted molar refractivity (Wildman–Crippen MR) is 102 cm³/mol. The van der Waals surface area contributed by atoms with E-state index in [-0.39, 0.29) is 0 Å². The molecule has 3 aromatic rings. The van der Waals surface area contributed by atoms with Crippen molar-refractivity contribution < 1.29 is 4.74 Å². The highest BCUT2D eigenvalue weighted by Crippen LogP contribution is 2.26. The van der Waals surface area contributed by atoms with E-state index in [0.29, 0.717) is 23.4 Å². The molecule has 4 rings (SSSR count). The van der Waals surface area contributed by atoms with E-state index in [1.54, 1.807) is 12.3 Å². The van der Waals surface area contributed by atoms with Gasteiger partial charge in [0.15, 0.2) is 5.65 Å². The number of aromatic nitrogens is 4. The van der Waals surface area contributed by atoms with Crippen molar-refractivity contribution in [1.29, 1.82) is 0 Å². The van der Waals surface area contributed by atoms with Crippen LogP contribution in [0.5, 0.6) is 5.88 Å². The van der Waals surface area contributed by atoms with E-state index in [1.165, 1.54) is 0 Å².